The maximum absolute atomic E-state index is 12.6. The van der Waals surface area contributed by atoms with Crippen LogP contribution in [0.25, 0.3) is 0 Å². The highest BCUT2D eigenvalue weighted by Crippen LogP contribution is 2.55. The summed E-state index contributed by atoms with van der Waals surface area (Å²) >= 11 is 0. The van der Waals surface area contributed by atoms with E-state index >= 15 is 0 Å². The predicted octanol–water partition coefficient (Wildman–Crippen LogP) is 4.15. The molecule has 140 valence electrons. The van der Waals surface area contributed by atoms with Crippen molar-refractivity contribution in [3.63, 3.8) is 0 Å². The number of benzene rings is 1. The summed E-state index contributed by atoms with van der Waals surface area (Å²) in [6.45, 7) is 2.19. The van der Waals surface area contributed by atoms with Gasteiger partial charge in [-0.3, -0.25) is 4.79 Å². The summed E-state index contributed by atoms with van der Waals surface area (Å²) in [4.78, 5) is 24.8. The van der Waals surface area contributed by atoms with Crippen LogP contribution in [0.3, 0.4) is 0 Å². The molecule has 0 N–H and O–H groups in total. The van der Waals surface area contributed by atoms with Gasteiger partial charge < -0.3 is 13.9 Å². The lowest BCUT2D eigenvalue weighted by Gasteiger charge is -2.33. The first-order chi connectivity index (χ1) is 13.1. The predicted molar refractivity (Wildman–Crippen MR) is 97.6 cm³/mol. The van der Waals surface area contributed by atoms with E-state index in [0.717, 1.165) is 36.0 Å². The largest absolute Gasteiger partial charge is 0.472 e. The minimum Gasteiger partial charge on any atom is -0.472 e. The lowest BCUT2D eigenvalue weighted by Crippen LogP contribution is -2.28. The minimum atomic E-state index is -0.416. The number of cyclic esters (lactones) is 1. The molecule has 1 aromatic heterocycles. The molecular weight excluding hydrogens is 344 g/mol. The number of carbonyl (C=O) groups excluding carboxylic acids is 2. The summed E-state index contributed by atoms with van der Waals surface area (Å²) in [6, 6.07) is 11.3. The molecule has 1 aromatic carbocycles. The molecule has 0 spiro atoms. The van der Waals surface area contributed by atoms with Gasteiger partial charge in [0.05, 0.1) is 18.9 Å². The molecule has 2 aliphatic rings. The molecular formula is C22H22O5. The van der Waals surface area contributed by atoms with Crippen molar-refractivity contribution in [1.82, 2.24) is 0 Å². The fourth-order valence-corrected chi connectivity index (χ4v) is 4.24. The first-order valence-electron chi connectivity index (χ1n) is 9.23. The van der Waals surface area contributed by atoms with Gasteiger partial charge in [-0.05, 0) is 36.5 Å². The van der Waals surface area contributed by atoms with Gasteiger partial charge in [0.1, 0.15) is 12.7 Å². The average Bonchev–Trinajstić information content (AvgIpc) is 3.27. The van der Waals surface area contributed by atoms with E-state index in [1.54, 1.807) is 12.5 Å². The van der Waals surface area contributed by atoms with E-state index in [0.29, 0.717) is 5.57 Å². The molecule has 1 aliphatic heterocycles. The van der Waals surface area contributed by atoms with Crippen LogP contribution in [0.4, 0.5) is 0 Å². The Bertz CT molecular complexity index is 865. The lowest BCUT2D eigenvalue weighted by molar-refractivity contribution is -0.142. The Labute approximate surface area is 158 Å². The number of esters is 2. The van der Waals surface area contributed by atoms with Gasteiger partial charge in [-0.25, -0.2) is 4.79 Å². The monoisotopic (exact) mass is 366 g/mol. The fraction of sp³-hybridized carbons (Fsp3) is 0.364. The maximum atomic E-state index is 12.6. The first-order valence-corrected chi connectivity index (χ1v) is 9.23. The van der Waals surface area contributed by atoms with Crippen molar-refractivity contribution < 1.29 is 23.5 Å². The Hall–Kier alpha value is -2.82. The van der Waals surface area contributed by atoms with Crippen molar-refractivity contribution in [2.45, 2.75) is 38.7 Å². The number of ether oxygens (including phenoxy) is 2. The highest BCUT2D eigenvalue weighted by molar-refractivity contribution is 5.94. The number of furan rings is 1. The molecule has 0 unspecified atom stereocenters. The molecule has 1 aliphatic carbocycles. The SMILES string of the molecule is C[C@@]12CCCC(COC(=O)Cc3ccccc3)=C1C(=O)O[C@H]2c1ccoc1. The quantitative estimate of drug-likeness (QED) is 0.744. The van der Waals surface area contributed by atoms with E-state index < -0.39 is 5.41 Å². The zero-order valence-electron chi connectivity index (χ0n) is 15.3. The Morgan fingerprint density at radius 1 is 1.26 bits per heavy atom. The van der Waals surface area contributed by atoms with Crippen molar-refractivity contribution in [3.05, 3.63) is 71.2 Å². The van der Waals surface area contributed by atoms with E-state index in [1.807, 2.05) is 36.4 Å². The Balaban J connectivity index is 1.51. The van der Waals surface area contributed by atoms with Gasteiger partial charge in [-0.1, -0.05) is 37.3 Å². The Morgan fingerprint density at radius 3 is 2.81 bits per heavy atom. The second kappa shape index (κ2) is 7.06. The highest BCUT2D eigenvalue weighted by Gasteiger charge is 2.53. The molecule has 0 radical (unpaired) electrons. The van der Waals surface area contributed by atoms with E-state index in [9.17, 15) is 9.59 Å². The molecule has 1 fully saturated rings. The Kier molecular flexibility index (Phi) is 4.60. The van der Waals surface area contributed by atoms with Crippen LogP contribution in [-0.2, 0) is 25.5 Å². The molecule has 1 saturated heterocycles. The summed E-state index contributed by atoms with van der Waals surface area (Å²) in [5, 5.41) is 0. The number of carbonyl (C=O) groups is 2. The highest BCUT2D eigenvalue weighted by atomic mass is 16.6. The first kappa shape index (κ1) is 17.6. The van der Waals surface area contributed by atoms with E-state index in [2.05, 4.69) is 6.92 Å². The molecule has 2 atom stereocenters. The third kappa shape index (κ3) is 3.29. The van der Waals surface area contributed by atoms with Crippen LogP contribution in [0.15, 0.2) is 64.5 Å². The Morgan fingerprint density at radius 2 is 2.07 bits per heavy atom. The number of hydrogen-bond acceptors (Lipinski definition) is 5. The minimum absolute atomic E-state index is 0.143. The van der Waals surface area contributed by atoms with E-state index in [-0.39, 0.29) is 31.1 Å². The molecule has 5 heteroatoms. The van der Waals surface area contributed by atoms with Gasteiger partial charge >= 0.3 is 11.9 Å². The fourth-order valence-electron chi connectivity index (χ4n) is 4.24. The van der Waals surface area contributed by atoms with Crippen molar-refractivity contribution in [3.8, 4) is 0 Å². The average molecular weight is 366 g/mol. The third-order valence-corrected chi connectivity index (χ3v) is 5.55. The van der Waals surface area contributed by atoms with Gasteiger partial charge in [0.25, 0.3) is 0 Å². The molecule has 5 nitrogen and oxygen atoms in total. The second-order valence-electron chi connectivity index (χ2n) is 7.41. The molecule has 2 heterocycles. The van der Waals surface area contributed by atoms with Crippen molar-refractivity contribution >= 4 is 11.9 Å². The van der Waals surface area contributed by atoms with Crippen molar-refractivity contribution in [2.24, 2.45) is 5.41 Å². The zero-order chi connectivity index (χ0) is 18.9. The van der Waals surface area contributed by atoms with Gasteiger partial charge in [0.15, 0.2) is 0 Å². The van der Waals surface area contributed by atoms with Crippen LogP contribution in [0, 0.1) is 5.41 Å². The second-order valence-corrected chi connectivity index (χ2v) is 7.41. The smallest absolute Gasteiger partial charge is 0.335 e. The molecule has 0 amide bonds. The molecule has 0 saturated carbocycles. The van der Waals surface area contributed by atoms with Crippen LogP contribution in [-0.4, -0.2) is 18.5 Å². The normalized spacial score (nSPS) is 24.5. The molecule has 27 heavy (non-hydrogen) atoms. The molecule has 4 rings (SSSR count). The standard InChI is InChI=1S/C22H22O5/c1-22-10-5-8-16(14-26-18(23)12-15-6-3-2-4-7-15)19(22)21(24)27-20(22)17-9-11-25-13-17/h2-4,6-7,9,11,13,20H,5,8,10,12,14H2,1H3/t20-,22+/m0/s1. The zero-order valence-corrected chi connectivity index (χ0v) is 15.3. The van der Waals surface area contributed by atoms with Gasteiger partial charge in [0.2, 0.25) is 0 Å². The van der Waals surface area contributed by atoms with Crippen LogP contribution >= 0.6 is 0 Å². The topological polar surface area (TPSA) is 65.7 Å². The summed E-state index contributed by atoms with van der Waals surface area (Å²) < 4.78 is 16.4. The van der Waals surface area contributed by atoms with Crippen molar-refractivity contribution in [1.29, 1.82) is 0 Å². The summed E-state index contributed by atoms with van der Waals surface area (Å²) in [5.74, 6) is -0.600. The number of fused-ring (bicyclic) bond motifs is 1. The summed E-state index contributed by atoms with van der Waals surface area (Å²) in [6.07, 6.45) is 5.61. The summed E-state index contributed by atoms with van der Waals surface area (Å²) in [5.41, 5.74) is 2.91. The number of rotatable bonds is 5. The van der Waals surface area contributed by atoms with Crippen molar-refractivity contribution in [2.75, 3.05) is 6.61 Å². The van der Waals surface area contributed by atoms with Crippen LogP contribution in [0.2, 0.25) is 0 Å². The summed E-state index contributed by atoms with van der Waals surface area (Å²) in [7, 11) is 0. The molecule has 0 bridgehead atoms. The van der Waals surface area contributed by atoms with Gasteiger partial charge in [0, 0.05) is 16.6 Å². The van der Waals surface area contributed by atoms with Crippen LogP contribution in [0.5, 0.6) is 0 Å². The van der Waals surface area contributed by atoms with Crippen LogP contribution < -0.4 is 0 Å². The van der Waals surface area contributed by atoms with E-state index in [4.69, 9.17) is 13.9 Å². The molecule has 2 aromatic rings. The van der Waals surface area contributed by atoms with E-state index in [1.165, 1.54) is 0 Å². The van der Waals surface area contributed by atoms with Crippen LogP contribution in [0.1, 0.15) is 43.4 Å². The maximum Gasteiger partial charge on any atom is 0.335 e. The third-order valence-electron chi connectivity index (χ3n) is 5.55. The number of hydrogen-bond donors (Lipinski definition) is 0. The van der Waals surface area contributed by atoms with Gasteiger partial charge in [-0.2, -0.15) is 0 Å². The lowest BCUT2D eigenvalue weighted by atomic mass is 9.68. The van der Waals surface area contributed by atoms with Gasteiger partial charge in [-0.15, -0.1) is 0 Å².